The van der Waals surface area contributed by atoms with Crippen molar-refractivity contribution in [2.75, 3.05) is 6.54 Å². The fourth-order valence-electron chi connectivity index (χ4n) is 2.98. The summed E-state index contributed by atoms with van der Waals surface area (Å²) in [6.07, 6.45) is 1.65. The lowest BCUT2D eigenvalue weighted by Gasteiger charge is -2.27. The summed E-state index contributed by atoms with van der Waals surface area (Å²) in [7, 11) is 0. The largest absolute Gasteiger partial charge is 0.481 e. The molecule has 2 heterocycles. The molecule has 1 aromatic heterocycles. The van der Waals surface area contributed by atoms with Crippen molar-refractivity contribution in [3.63, 3.8) is 0 Å². The second-order valence-corrected chi connectivity index (χ2v) is 6.76. The predicted octanol–water partition coefficient (Wildman–Crippen LogP) is 4.19. The highest BCUT2D eigenvalue weighted by Gasteiger charge is 2.33. The summed E-state index contributed by atoms with van der Waals surface area (Å²) in [4.78, 5) is 16.0. The Balaban J connectivity index is 1.70. The van der Waals surface area contributed by atoms with Crippen LogP contribution in [0.5, 0.6) is 5.75 Å². The van der Waals surface area contributed by atoms with Crippen LogP contribution in [-0.2, 0) is 4.79 Å². The number of benzene rings is 1. The molecule has 2 aromatic rings. The SMILES string of the molecule is Cc1cccc(OC(C)C(=O)N2CCCC2c2cccs2)c1. The first-order valence-corrected chi connectivity index (χ1v) is 8.60. The van der Waals surface area contributed by atoms with Gasteiger partial charge in [-0.2, -0.15) is 0 Å². The summed E-state index contributed by atoms with van der Waals surface area (Å²) < 4.78 is 5.85. The Labute approximate surface area is 135 Å². The van der Waals surface area contributed by atoms with Crippen LogP contribution in [0.15, 0.2) is 41.8 Å². The van der Waals surface area contributed by atoms with E-state index in [9.17, 15) is 4.79 Å². The first-order chi connectivity index (χ1) is 10.6. The van der Waals surface area contributed by atoms with Crippen molar-refractivity contribution in [2.24, 2.45) is 0 Å². The standard InChI is InChI=1S/C18H21NO2S/c1-13-6-3-7-15(12-13)21-14(2)18(20)19-10-4-8-16(19)17-9-5-11-22-17/h3,5-7,9,11-12,14,16H,4,8,10H2,1-2H3. The van der Waals surface area contributed by atoms with Gasteiger partial charge in [-0.15, -0.1) is 11.3 Å². The van der Waals surface area contributed by atoms with Crippen molar-refractivity contribution in [1.29, 1.82) is 0 Å². The molecule has 2 unspecified atom stereocenters. The topological polar surface area (TPSA) is 29.5 Å². The van der Waals surface area contributed by atoms with Crippen LogP contribution in [0.3, 0.4) is 0 Å². The molecule has 1 fully saturated rings. The maximum atomic E-state index is 12.7. The van der Waals surface area contributed by atoms with Gasteiger partial charge >= 0.3 is 0 Å². The molecule has 0 saturated carbocycles. The summed E-state index contributed by atoms with van der Waals surface area (Å²) in [5, 5.41) is 2.07. The molecule has 22 heavy (non-hydrogen) atoms. The summed E-state index contributed by atoms with van der Waals surface area (Å²) >= 11 is 1.72. The highest BCUT2D eigenvalue weighted by molar-refractivity contribution is 7.10. The van der Waals surface area contributed by atoms with Gasteiger partial charge in [0.15, 0.2) is 6.10 Å². The van der Waals surface area contributed by atoms with Gasteiger partial charge in [-0.3, -0.25) is 4.79 Å². The van der Waals surface area contributed by atoms with E-state index in [-0.39, 0.29) is 11.9 Å². The number of amides is 1. The summed E-state index contributed by atoms with van der Waals surface area (Å²) in [6, 6.07) is 12.2. The maximum Gasteiger partial charge on any atom is 0.263 e. The van der Waals surface area contributed by atoms with Crippen LogP contribution in [0.4, 0.5) is 0 Å². The third-order valence-corrected chi connectivity index (χ3v) is 5.03. The van der Waals surface area contributed by atoms with E-state index in [1.165, 1.54) is 4.88 Å². The zero-order valence-corrected chi connectivity index (χ0v) is 13.8. The molecular weight excluding hydrogens is 294 g/mol. The van der Waals surface area contributed by atoms with Crippen LogP contribution in [0.1, 0.15) is 36.2 Å². The lowest BCUT2D eigenvalue weighted by Crippen LogP contribution is -2.39. The minimum absolute atomic E-state index is 0.0809. The third-order valence-electron chi connectivity index (χ3n) is 4.06. The summed E-state index contributed by atoms with van der Waals surface area (Å²) in [5.74, 6) is 0.838. The molecule has 1 saturated heterocycles. The predicted molar refractivity (Wildman–Crippen MR) is 89.3 cm³/mol. The van der Waals surface area contributed by atoms with Gasteiger partial charge < -0.3 is 9.64 Å². The van der Waals surface area contributed by atoms with Crippen molar-refractivity contribution >= 4 is 17.2 Å². The van der Waals surface area contributed by atoms with Crippen LogP contribution in [0.25, 0.3) is 0 Å². The highest BCUT2D eigenvalue weighted by atomic mass is 32.1. The minimum atomic E-state index is -0.456. The fourth-order valence-corrected chi connectivity index (χ4v) is 3.86. The Hall–Kier alpha value is -1.81. The van der Waals surface area contributed by atoms with Crippen LogP contribution in [0, 0.1) is 6.92 Å². The molecule has 3 nitrogen and oxygen atoms in total. The van der Waals surface area contributed by atoms with E-state index >= 15 is 0 Å². The molecule has 1 aliphatic rings. The Bertz CT molecular complexity index is 638. The summed E-state index contributed by atoms with van der Waals surface area (Å²) in [6.45, 7) is 4.68. The lowest BCUT2D eigenvalue weighted by atomic mass is 10.2. The molecule has 116 valence electrons. The molecule has 0 radical (unpaired) electrons. The highest BCUT2D eigenvalue weighted by Crippen LogP contribution is 2.35. The zero-order chi connectivity index (χ0) is 15.5. The first-order valence-electron chi connectivity index (χ1n) is 7.72. The van der Waals surface area contributed by atoms with Gasteiger partial charge in [0.25, 0.3) is 5.91 Å². The molecule has 2 atom stereocenters. The number of ether oxygens (including phenoxy) is 1. The number of aryl methyl sites for hydroxylation is 1. The van der Waals surface area contributed by atoms with Gasteiger partial charge in [0, 0.05) is 11.4 Å². The molecule has 1 aromatic carbocycles. The van der Waals surface area contributed by atoms with E-state index in [4.69, 9.17) is 4.74 Å². The second-order valence-electron chi connectivity index (χ2n) is 5.78. The Morgan fingerprint density at radius 3 is 2.95 bits per heavy atom. The zero-order valence-electron chi connectivity index (χ0n) is 13.0. The van der Waals surface area contributed by atoms with E-state index in [1.807, 2.05) is 49.1 Å². The van der Waals surface area contributed by atoms with Gasteiger partial charge in [0.2, 0.25) is 0 Å². The molecule has 4 heteroatoms. The molecule has 1 amide bonds. The molecular formula is C18H21NO2S. The van der Waals surface area contributed by atoms with Crippen molar-refractivity contribution in [2.45, 2.75) is 38.8 Å². The average molecular weight is 315 g/mol. The number of hydrogen-bond donors (Lipinski definition) is 0. The lowest BCUT2D eigenvalue weighted by molar-refractivity contribution is -0.138. The molecule has 0 aliphatic carbocycles. The van der Waals surface area contributed by atoms with Gasteiger partial charge in [0.1, 0.15) is 5.75 Å². The van der Waals surface area contributed by atoms with Gasteiger partial charge in [-0.1, -0.05) is 18.2 Å². The normalized spacial score (nSPS) is 19.2. The number of carbonyl (C=O) groups excluding carboxylic acids is 1. The van der Waals surface area contributed by atoms with Crippen molar-refractivity contribution in [1.82, 2.24) is 4.90 Å². The van der Waals surface area contributed by atoms with Gasteiger partial charge in [0.05, 0.1) is 6.04 Å². The number of nitrogens with zero attached hydrogens (tertiary/aromatic N) is 1. The monoisotopic (exact) mass is 315 g/mol. The van der Waals surface area contributed by atoms with E-state index in [0.717, 1.165) is 30.7 Å². The maximum absolute atomic E-state index is 12.7. The van der Waals surface area contributed by atoms with E-state index in [2.05, 4.69) is 11.4 Å². The molecule has 3 rings (SSSR count). The average Bonchev–Trinajstić information content (AvgIpc) is 3.17. The molecule has 0 N–H and O–H groups in total. The number of carbonyl (C=O) groups is 1. The number of thiophene rings is 1. The Kier molecular flexibility index (Phi) is 4.48. The van der Waals surface area contributed by atoms with E-state index in [1.54, 1.807) is 11.3 Å². The van der Waals surface area contributed by atoms with Crippen molar-refractivity contribution < 1.29 is 9.53 Å². The van der Waals surface area contributed by atoms with Crippen LogP contribution < -0.4 is 4.74 Å². The minimum Gasteiger partial charge on any atom is -0.481 e. The van der Waals surface area contributed by atoms with Crippen LogP contribution in [0.2, 0.25) is 0 Å². The summed E-state index contributed by atoms with van der Waals surface area (Å²) in [5.41, 5.74) is 1.13. The van der Waals surface area contributed by atoms with Crippen LogP contribution >= 0.6 is 11.3 Å². The van der Waals surface area contributed by atoms with E-state index in [0.29, 0.717) is 0 Å². The first kappa shape index (κ1) is 15.1. The quantitative estimate of drug-likeness (QED) is 0.847. The van der Waals surface area contributed by atoms with Gasteiger partial charge in [-0.05, 0) is 55.8 Å². The van der Waals surface area contributed by atoms with Crippen LogP contribution in [-0.4, -0.2) is 23.5 Å². The van der Waals surface area contributed by atoms with Crippen molar-refractivity contribution in [3.05, 3.63) is 52.2 Å². The third kappa shape index (κ3) is 3.17. The number of rotatable bonds is 4. The molecule has 1 aliphatic heterocycles. The van der Waals surface area contributed by atoms with Crippen molar-refractivity contribution in [3.8, 4) is 5.75 Å². The molecule has 0 spiro atoms. The number of hydrogen-bond acceptors (Lipinski definition) is 3. The van der Waals surface area contributed by atoms with E-state index < -0.39 is 6.10 Å². The van der Waals surface area contributed by atoms with Gasteiger partial charge in [-0.25, -0.2) is 0 Å². The number of likely N-dealkylation sites (tertiary alicyclic amines) is 1. The Morgan fingerprint density at radius 1 is 1.36 bits per heavy atom. The molecule has 0 bridgehead atoms. The Morgan fingerprint density at radius 2 is 2.23 bits per heavy atom. The smallest absolute Gasteiger partial charge is 0.263 e. The second kappa shape index (κ2) is 6.53. The fraction of sp³-hybridized carbons (Fsp3) is 0.389.